The molecule has 0 aromatic carbocycles. The fourth-order valence-electron chi connectivity index (χ4n) is 1.25. The Hall–Kier alpha value is -1.52. The van der Waals surface area contributed by atoms with Crippen LogP contribution < -0.4 is 10.6 Å². The van der Waals surface area contributed by atoms with E-state index in [0.29, 0.717) is 6.54 Å². The maximum Gasteiger partial charge on any atom is 0.227 e. The van der Waals surface area contributed by atoms with Crippen LogP contribution in [0.25, 0.3) is 0 Å². The Morgan fingerprint density at radius 3 is 2.73 bits per heavy atom. The summed E-state index contributed by atoms with van der Waals surface area (Å²) in [5.74, 6) is 0.788. The number of hydrogen-bond acceptors (Lipinski definition) is 3. The molecule has 84 valence electrons. The molecule has 0 fully saturated rings. The first-order chi connectivity index (χ1) is 6.97. The number of rotatable bonds is 4. The SMILES string of the molecule is CNC(=O)C(C)(C)CNc1nccn1C. The number of anilines is 1. The molecule has 1 rings (SSSR count). The summed E-state index contributed by atoms with van der Waals surface area (Å²) in [6, 6.07) is 0. The van der Waals surface area contributed by atoms with Crippen LogP contribution >= 0.6 is 0 Å². The van der Waals surface area contributed by atoms with Crippen molar-refractivity contribution in [2.24, 2.45) is 12.5 Å². The van der Waals surface area contributed by atoms with Gasteiger partial charge in [-0.25, -0.2) is 4.98 Å². The fraction of sp³-hybridized carbons (Fsp3) is 0.600. The van der Waals surface area contributed by atoms with Crippen LogP contribution in [0.15, 0.2) is 12.4 Å². The lowest BCUT2D eigenvalue weighted by atomic mass is 9.92. The van der Waals surface area contributed by atoms with Gasteiger partial charge in [-0.2, -0.15) is 0 Å². The molecular formula is C10H18N4O. The Morgan fingerprint density at radius 1 is 1.60 bits per heavy atom. The molecule has 0 radical (unpaired) electrons. The van der Waals surface area contributed by atoms with Crippen molar-refractivity contribution in [1.82, 2.24) is 14.9 Å². The van der Waals surface area contributed by atoms with Crippen molar-refractivity contribution in [3.63, 3.8) is 0 Å². The first-order valence-corrected chi connectivity index (χ1v) is 4.91. The van der Waals surface area contributed by atoms with E-state index in [-0.39, 0.29) is 5.91 Å². The van der Waals surface area contributed by atoms with Crippen molar-refractivity contribution >= 4 is 11.9 Å². The number of carbonyl (C=O) groups is 1. The van der Waals surface area contributed by atoms with Crippen LogP contribution in [-0.2, 0) is 11.8 Å². The lowest BCUT2D eigenvalue weighted by molar-refractivity contribution is -0.128. The van der Waals surface area contributed by atoms with Crippen molar-refractivity contribution in [1.29, 1.82) is 0 Å². The van der Waals surface area contributed by atoms with E-state index in [1.807, 2.05) is 31.7 Å². The van der Waals surface area contributed by atoms with Gasteiger partial charge >= 0.3 is 0 Å². The second-order valence-corrected chi connectivity index (χ2v) is 4.18. The molecule has 0 spiro atoms. The fourth-order valence-corrected chi connectivity index (χ4v) is 1.25. The molecular weight excluding hydrogens is 192 g/mol. The monoisotopic (exact) mass is 210 g/mol. The number of aromatic nitrogens is 2. The maximum absolute atomic E-state index is 11.5. The van der Waals surface area contributed by atoms with Gasteiger partial charge in [0.25, 0.3) is 0 Å². The molecule has 0 aliphatic rings. The number of aryl methyl sites for hydroxylation is 1. The molecule has 1 amide bonds. The van der Waals surface area contributed by atoms with Crippen LogP contribution in [-0.4, -0.2) is 29.1 Å². The summed E-state index contributed by atoms with van der Waals surface area (Å²) >= 11 is 0. The molecule has 2 N–H and O–H groups in total. The van der Waals surface area contributed by atoms with Crippen LogP contribution in [0.5, 0.6) is 0 Å². The average Bonchev–Trinajstić information content (AvgIpc) is 2.60. The van der Waals surface area contributed by atoms with E-state index < -0.39 is 5.41 Å². The maximum atomic E-state index is 11.5. The molecule has 1 aromatic heterocycles. The number of carbonyl (C=O) groups excluding carboxylic acids is 1. The number of amides is 1. The third-order valence-electron chi connectivity index (χ3n) is 2.35. The van der Waals surface area contributed by atoms with Gasteiger partial charge in [-0.1, -0.05) is 0 Å². The lowest BCUT2D eigenvalue weighted by Gasteiger charge is -2.23. The number of nitrogens with zero attached hydrogens (tertiary/aromatic N) is 2. The number of imidazole rings is 1. The summed E-state index contributed by atoms with van der Waals surface area (Å²) in [6.45, 7) is 4.33. The van der Waals surface area contributed by atoms with Crippen LogP contribution in [0, 0.1) is 5.41 Å². The standard InChI is InChI=1S/C10H18N4O/c1-10(2,8(15)11-3)7-13-9-12-5-6-14(9)4/h5-6H,7H2,1-4H3,(H,11,15)(H,12,13). The average molecular weight is 210 g/mol. The van der Waals surface area contributed by atoms with E-state index in [1.165, 1.54) is 0 Å². The molecule has 0 bridgehead atoms. The summed E-state index contributed by atoms with van der Waals surface area (Å²) < 4.78 is 1.87. The van der Waals surface area contributed by atoms with Crippen molar-refractivity contribution in [3.05, 3.63) is 12.4 Å². The normalized spacial score (nSPS) is 11.2. The molecule has 1 heterocycles. The van der Waals surface area contributed by atoms with Crippen molar-refractivity contribution in [3.8, 4) is 0 Å². The highest BCUT2D eigenvalue weighted by Gasteiger charge is 2.26. The molecule has 1 aromatic rings. The van der Waals surface area contributed by atoms with Gasteiger partial charge in [0.1, 0.15) is 0 Å². The minimum Gasteiger partial charge on any atom is -0.359 e. The predicted molar refractivity (Wildman–Crippen MR) is 59.5 cm³/mol. The Balaban J connectivity index is 2.57. The van der Waals surface area contributed by atoms with Gasteiger partial charge in [0, 0.05) is 33.0 Å². The molecule has 0 atom stereocenters. The predicted octanol–water partition coefficient (Wildman–Crippen LogP) is 0.604. The van der Waals surface area contributed by atoms with Crippen molar-refractivity contribution < 1.29 is 4.79 Å². The Kier molecular flexibility index (Phi) is 3.34. The van der Waals surface area contributed by atoms with E-state index in [1.54, 1.807) is 13.2 Å². The van der Waals surface area contributed by atoms with E-state index in [0.717, 1.165) is 5.95 Å². The zero-order valence-electron chi connectivity index (χ0n) is 9.66. The van der Waals surface area contributed by atoms with Crippen LogP contribution in [0.3, 0.4) is 0 Å². The first-order valence-electron chi connectivity index (χ1n) is 4.91. The van der Waals surface area contributed by atoms with Gasteiger partial charge in [-0.05, 0) is 13.8 Å². The highest BCUT2D eigenvalue weighted by atomic mass is 16.2. The second kappa shape index (κ2) is 4.33. The molecule has 0 saturated carbocycles. The van der Waals surface area contributed by atoms with Crippen LogP contribution in [0.4, 0.5) is 5.95 Å². The van der Waals surface area contributed by atoms with Gasteiger partial charge in [-0.3, -0.25) is 4.79 Å². The molecule has 0 saturated heterocycles. The van der Waals surface area contributed by atoms with Gasteiger partial charge in [-0.15, -0.1) is 0 Å². The van der Waals surface area contributed by atoms with Crippen LogP contribution in [0.1, 0.15) is 13.8 Å². The Bertz CT molecular complexity index is 343. The van der Waals surface area contributed by atoms with Gasteiger partial charge < -0.3 is 15.2 Å². The topological polar surface area (TPSA) is 59.0 Å². The van der Waals surface area contributed by atoms with E-state index in [2.05, 4.69) is 15.6 Å². The van der Waals surface area contributed by atoms with Gasteiger partial charge in [0.15, 0.2) is 0 Å². The smallest absolute Gasteiger partial charge is 0.227 e. The Morgan fingerprint density at radius 2 is 2.27 bits per heavy atom. The number of hydrogen-bond donors (Lipinski definition) is 2. The lowest BCUT2D eigenvalue weighted by Crippen LogP contribution is -2.39. The molecule has 15 heavy (non-hydrogen) atoms. The minimum atomic E-state index is -0.444. The second-order valence-electron chi connectivity index (χ2n) is 4.18. The summed E-state index contributed by atoms with van der Waals surface area (Å²) in [4.78, 5) is 15.6. The molecule has 0 aliphatic heterocycles. The zero-order chi connectivity index (χ0) is 11.5. The quantitative estimate of drug-likeness (QED) is 0.765. The molecule has 0 unspecified atom stereocenters. The number of nitrogens with one attached hydrogen (secondary N) is 2. The van der Waals surface area contributed by atoms with E-state index in [9.17, 15) is 4.79 Å². The molecule has 0 aliphatic carbocycles. The largest absolute Gasteiger partial charge is 0.359 e. The first kappa shape index (κ1) is 11.6. The summed E-state index contributed by atoms with van der Waals surface area (Å²) in [5, 5.41) is 5.78. The third-order valence-corrected chi connectivity index (χ3v) is 2.35. The Labute approximate surface area is 89.9 Å². The zero-order valence-corrected chi connectivity index (χ0v) is 9.66. The summed E-state index contributed by atoms with van der Waals surface area (Å²) in [5.41, 5.74) is -0.444. The van der Waals surface area contributed by atoms with Crippen molar-refractivity contribution in [2.45, 2.75) is 13.8 Å². The van der Waals surface area contributed by atoms with Crippen LogP contribution in [0.2, 0.25) is 0 Å². The van der Waals surface area contributed by atoms with Crippen molar-refractivity contribution in [2.75, 3.05) is 18.9 Å². The minimum absolute atomic E-state index is 0.0178. The van der Waals surface area contributed by atoms with E-state index in [4.69, 9.17) is 0 Å². The molecule has 5 heteroatoms. The summed E-state index contributed by atoms with van der Waals surface area (Å²) in [6.07, 6.45) is 3.57. The van der Waals surface area contributed by atoms with E-state index >= 15 is 0 Å². The highest BCUT2D eigenvalue weighted by Crippen LogP contribution is 2.15. The van der Waals surface area contributed by atoms with Gasteiger partial charge in [0.05, 0.1) is 5.41 Å². The summed E-state index contributed by atoms with van der Waals surface area (Å²) in [7, 11) is 3.55. The highest BCUT2D eigenvalue weighted by molar-refractivity contribution is 5.82. The third kappa shape index (κ3) is 2.71. The molecule has 5 nitrogen and oxygen atoms in total. The van der Waals surface area contributed by atoms with Gasteiger partial charge in [0.2, 0.25) is 11.9 Å².